The molecule has 0 aliphatic heterocycles. The van der Waals surface area contributed by atoms with Crippen LogP contribution in [0, 0.1) is 5.82 Å². The average molecular weight is 243 g/mol. The highest BCUT2D eigenvalue weighted by atomic mass is 19.1. The summed E-state index contributed by atoms with van der Waals surface area (Å²) in [6.45, 7) is -0.479. The van der Waals surface area contributed by atoms with E-state index in [4.69, 9.17) is 10.8 Å². The topological polar surface area (TPSA) is 104 Å². The number of hydrogen-bond donors (Lipinski definition) is 4. The van der Waals surface area contributed by atoms with Crippen molar-refractivity contribution < 1.29 is 24.5 Å². The molecule has 0 saturated carbocycles. The molecule has 2 unspecified atom stereocenters. The van der Waals surface area contributed by atoms with Crippen LogP contribution in [-0.4, -0.2) is 27.3 Å². The van der Waals surface area contributed by atoms with Crippen LogP contribution >= 0.6 is 0 Å². The Hall–Kier alpha value is -1.50. The van der Waals surface area contributed by atoms with Crippen molar-refractivity contribution in [3.8, 4) is 0 Å². The van der Waals surface area contributed by atoms with E-state index < -0.39 is 37.0 Å². The lowest BCUT2D eigenvalue weighted by molar-refractivity contribution is -0.121. The van der Waals surface area contributed by atoms with E-state index in [1.54, 1.807) is 0 Å². The number of hydrogen-bond acceptors (Lipinski definition) is 4. The number of carbonyl (C=O) groups is 1. The van der Waals surface area contributed by atoms with Crippen LogP contribution in [0.3, 0.4) is 0 Å². The molecular weight excluding hydrogens is 229 g/mol. The van der Waals surface area contributed by atoms with Gasteiger partial charge in [-0.1, -0.05) is 6.07 Å². The number of benzene rings is 1. The predicted molar refractivity (Wildman–Crippen MR) is 57.1 cm³/mol. The Labute approximate surface area is 97.3 Å². The Bertz CT molecular complexity index is 410. The lowest BCUT2D eigenvalue weighted by Crippen LogP contribution is -2.26. The van der Waals surface area contributed by atoms with Crippen molar-refractivity contribution in [2.24, 2.45) is 5.73 Å². The summed E-state index contributed by atoms with van der Waals surface area (Å²) in [5.41, 5.74) is 5.21. The second-order valence-corrected chi connectivity index (χ2v) is 3.68. The highest BCUT2D eigenvalue weighted by molar-refractivity contribution is 5.74. The standard InChI is InChI=1S/C11H14FNO4/c12-7-1-2-8(6(3-7)5-14)11(17)9(15)4-10(13)16/h1-3,9,11,14-15,17H,4-5H2,(H2,13,16). The second-order valence-electron chi connectivity index (χ2n) is 3.68. The van der Waals surface area contributed by atoms with E-state index in [0.717, 1.165) is 12.1 Å². The van der Waals surface area contributed by atoms with Crippen LogP contribution in [0.2, 0.25) is 0 Å². The highest BCUT2D eigenvalue weighted by Gasteiger charge is 2.22. The van der Waals surface area contributed by atoms with Gasteiger partial charge >= 0.3 is 0 Å². The van der Waals surface area contributed by atoms with Gasteiger partial charge in [-0.05, 0) is 23.3 Å². The van der Waals surface area contributed by atoms with Gasteiger partial charge in [0.05, 0.1) is 19.1 Å². The van der Waals surface area contributed by atoms with Gasteiger partial charge in [-0.3, -0.25) is 4.79 Å². The third-order valence-electron chi connectivity index (χ3n) is 2.37. The fourth-order valence-corrected chi connectivity index (χ4v) is 1.52. The monoisotopic (exact) mass is 243 g/mol. The van der Waals surface area contributed by atoms with Gasteiger partial charge in [0.2, 0.25) is 5.91 Å². The van der Waals surface area contributed by atoms with Crippen LogP contribution in [0.15, 0.2) is 18.2 Å². The zero-order chi connectivity index (χ0) is 13.0. The molecule has 0 spiro atoms. The Balaban J connectivity index is 2.94. The second kappa shape index (κ2) is 5.72. The maximum absolute atomic E-state index is 12.9. The van der Waals surface area contributed by atoms with Gasteiger partial charge in [0.15, 0.2) is 0 Å². The molecule has 1 amide bonds. The van der Waals surface area contributed by atoms with Crippen LogP contribution < -0.4 is 5.73 Å². The first kappa shape index (κ1) is 13.6. The molecule has 1 aromatic rings. The fourth-order valence-electron chi connectivity index (χ4n) is 1.52. The van der Waals surface area contributed by atoms with Gasteiger partial charge in [-0.25, -0.2) is 4.39 Å². The van der Waals surface area contributed by atoms with Crippen LogP contribution in [0.25, 0.3) is 0 Å². The summed E-state index contributed by atoms with van der Waals surface area (Å²) in [7, 11) is 0. The first-order chi connectivity index (χ1) is 7.95. The SMILES string of the molecule is NC(=O)CC(O)C(O)c1ccc(F)cc1CO. The van der Waals surface area contributed by atoms with Crippen LogP contribution in [0.1, 0.15) is 23.7 Å². The summed E-state index contributed by atoms with van der Waals surface area (Å²) in [6, 6.07) is 3.39. The normalized spacial score (nSPS) is 14.4. The Morgan fingerprint density at radius 2 is 2.06 bits per heavy atom. The van der Waals surface area contributed by atoms with Crippen LogP contribution in [0.5, 0.6) is 0 Å². The van der Waals surface area contributed by atoms with E-state index in [1.165, 1.54) is 6.07 Å². The van der Waals surface area contributed by atoms with E-state index in [2.05, 4.69) is 0 Å². The lowest BCUT2D eigenvalue weighted by Gasteiger charge is -2.19. The number of aliphatic hydroxyl groups is 3. The van der Waals surface area contributed by atoms with Crippen LogP contribution in [0.4, 0.5) is 4.39 Å². The molecule has 5 nitrogen and oxygen atoms in total. The minimum absolute atomic E-state index is 0.154. The fraction of sp³-hybridized carbons (Fsp3) is 0.364. The Morgan fingerprint density at radius 1 is 1.41 bits per heavy atom. The van der Waals surface area contributed by atoms with Crippen molar-refractivity contribution in [2.75, 3.05) is 0 Å². The lowest BCUT2D eigenvalue weighted by atomic mass is 9.97. The van der Waals surface area contributed by atoms with Crippen molar-refractivity contribution >= 4 is 5.91 Å². The molecule has 17 heavy (non-hydrogen) atoms. The third-order valence-corrected chi connectivity index (χ3v) is 2.37. The number of halogens is 1. The van der Waals surface area contributed by atoms with E-state index >= 15 is 0 Å². The molecule has 1 aromatic carbocycles. The zero-order valence-corrected chi connectivity index (χ0v) is 9.01. The summed E-state index contributed by atoms with van der Waals surface area (Å²) in [4.78, 5) is 10.6. The molecule has 0 bridgehead atoms. The minimum Gasteiger partial charge on any atom is -0.392 e. The summed E-state index contributed by atoms with van der Waals surface area (Å²) in [5, 5.41) is 28.3. The predicted octanol–water partition coefficient (Wildman–Crippen LogP) is -0.412. The molecule has 0 saturated heterocycles. The molecule has 1 rings (SSSR count). The van der Waals surface area contributed by atoms with Crippen molar-refractivity contribution in [2.45, 2.75) is 25.2 Å². The Kier molecular flexibility index (Phi) is 4.56. The molecule has 0 aromatic heterocycles. The number of aliphatic hydroxyl groups excluding tert-OH is 3. The maximum Gasteiger partial charge on any atom is 0.220 e. The maximum atomic E-state index is 12.9. The largest absolute Gasteiger partial charge is 0.392 e. The summed E-state index contributed by atoms with van der Waals surface area (Å²) >= 11 is 0. The summed E-state index contributed by atoms with van der Waals surface area (Å²) in [5.74, 6) is -1.32. The highest BCUT2D eigenvalue weighted by Crippen LogP contribution is 2.23. The van der Waals surface area contributed by atoms with E-state index in [0.29, 0.717) is 0 Å². The van der Waals surface area contributed by atoms with E-state index in [1.807, 2.05) is 0 Å². The van der Waals surface area contributed by atoms with Gasteiger partial charge in [0, 0.05) is 0 Å². The van der Waals surface area contributed by atoms with Crippen molar-refractivity contribution in [1.82, 2.24) is 0 Å². The Morgan fingerprint density at radius 3 is 2.59 bits per heavy atom. The molecular formula is C11H14FNO4. The first-order valence-electron chi connectivity index (χ1n) is 4.99. The molecule has 0 radical (unpaired) electrons. The molecule has 6 heteroatoms. The first-order valence-corrected chi connectivity index (χ1v) is 4.99. The van der Waals surface area contributed by atoms with Crippen molar-refractivity contribution in [1.29, 1.82) is 0 Å². The molecule has 0 aliphatic rings. The van der Waals surface area contributed by atoms with E-state index in [-0.39, 0.29) is 11.1 Å². The molecule has 5 N–H and O–H groups in total. The molecule has 0 aliphatic carbocycles. The third kappa shape index (κ3) is 3.48. The van der Waals surface area contributed by atoms with Gasteiger partial charge in [-0.2, -0.15) is 0 Å². The quantitative estimate of drug-likeness (QED) is 0.564. The number of nitrogens with two attached hydrogens (primary N) is 1. The molecule has 0 heterocycles. The van der Waals surface area contributed by atoms with Crippen LogP contribution in [-0.2, 0) is 11.4 Å². The average Bonchev–Trinajstić information content (AvgIpc) is 2.27. The number of carbonyl (C=O) groups excluding carboxylic acids is 1. The zero-order valence-electron chi connectivity index (χ0n) is 9.01. The minimum atomic E-state index is -1.40. The number of rotatable bonds is 5. The smallest absolute Gasteiger partial charge is 0.220 e. The molecule has 94 valence electrons. The van der Waals surface area contributed by atoms with Gasteiger partial charge in [0.25, 0.3) is 0 Å². The number of primary amides is 1. The van der Waals surface area contributed by atoms with E-state index in [9.17, 15) is 19.4 Å². The molecule has 0 fully saturated rings. The molecule has 2 atom stereocenters. The van der Waals surface area contributed by atoms with Gasteiger partial charge < -0.3 is 21.1 Å². The van der Waals surface area contributed by atoms with Crippen molar-refractivity contribution in [3.63, 3.8) is 0 Å². The summed E-state index contributed by atoms with van der Waals surface area (Å²) in [6.07, 6.45) is -3.20. The van der Waals surface area contributed by atoms with Gasteiger partial charge in [0.1, 0.15) is 11.9 Å². The van der Waals surface area contributed by atoms with Crippen molar-refractivity contribution in [3.05, 3.63) is 35.1 Å². The number of amides is 1. The summed E-state index contributed by atoms with van der Waals surface area (Å²) < 4.78 is 12.9. The van der Waals surface area contributed by atoms with Gasteiger partial charge in [-0.15, -0.1) is 0 Å².